The maximum atomic E-state index is 13.9. The largest absolute Gasteiger partial charge is 0.467 e. The molecule has 0 radical (unpaired) electrons. The zero-order valence-corrected chi connectivity index (χ0v) is 20.4. The number of benzene rings is 1. The van der Waals surface area contributed by atoms with Crippen LogP contribution in [-0.4, -0.2) is 38.6 Å². The van der Waals surface area contributed by atoms with E-state index in [2.05, 4.69) is 5.32 Å². The van der Waals surface area contributed by atoms with Crippen molar-refractivity contribution >= 4 is 50.8 Å². The van der Waals surface area contributed by atoms with Gasteiger partial charge >= 0.3 is 0 Å². The number of thiophene rings is 1. The molecule has 0 fully saturated rings. The zero-order chi connectivity index (χ0) is 24.5. The van der Waals surface area contributed by atoms with E-state index in [0.717, 1.165) is 22.2 Å². The van der Waals surface area contributed by atoms with E-state index in [1.165, 1.54) is 41.2 Å². The molecule has 0 bridgehead atoms. The Morgan fingerprint density at radius 1 is 1.26 bits per heavy atom. The minimum atomic E-state index is -0.524. The van der Waals surface area contributed by atoms with Crippen molar-refractivity contribution in [3.63, 3.8) is 0 Å². The van der Waals surface area contributed by atoms with Gasteiger partial charge in [-0.05, 0) is 36.2 Å². The molecule has 1 aliphatic rings. The molecule has 8 nitrogen and oxygen atoms in total. The van der Waals surface area contributed by atoms with Gasteiger partial charge in [0.25, 0.3) is 5.56 Å². The summed E-state index contributed by atoms with van der Waals surface area (Å²) < 4.78 is 20.9. The average Bonchev–Trinajstić information content (AvgIpc) is 3.48. The maximum absolute atomic E-state index is 13.9. The van der Waals surface area contributed by atoms with E-state index < -0.39 is 11.7 Å². The molecule has 1 aromatic carbocycles. The number of rotatable bonds is 6. The number of carbonyl (C=O) groups excluding carboxylic acids is 2. The minimum Gasteiger partial charge on any atom is -0.467 e. The van der Waals surface area contributed by atoms with Crippen LogP contribution in [0.2, 0.25) is 0 Å². The SMILES string of the molecule is CC(=O)N1CCc2c(sc3nc(SCC(=O)Nc4ccccc4F)n(Cc4ccco4)c(=O)c23)C1. The summed E-state index contributed by atoms with van der Waals surface area (Å²) in [5.41, 5.74) is 0.815. The van der Waals surface area contributed by atoms with E-state index in [4.69, 9.17) is 9.40 Å². The van der Waals surface area contributed by atoms with Crippen molar-refractivity contribution in [3.05, 3.63) is 75.0 Å². The molecule has 5 rings (SSSR count). The highest BCUT2D eigenvalue weighted by Crippen LogP contribution is 2.34. The molecule has 11 heteroatoms. The first-order valence-electron chi connectivity index (χ1n) is 10.9. The molecule has 2 amide bonds. The normalized spacial score (nSPS) is 13.1. The summed E-state index contributed by atoms with van der Waals surface area (Å²) in [6.07, 6.45) is 2.12. The molecular formula is C24H21FN4O4S2. The number of hydrogen-bond donors (Lipinski definition) is 1. The van der Waals surface area contributed by atoms with Crippen LogP contribution in [0.5, 0.6) is 0 Å². The van der Waals surface area contributed by atoms with Crippen molar-refractivity contribution < 1.29 is 18.4 Å². The van der Waals surface area contributed by atoms with E-state index in [1.807, 2.05) is 0 Å². The Kier molecular flexibility index (Phi) is 6.44. The number of nitrogens with zero attached hydrogens (tertiary/aromatic N) is 3. The lowest BCUT2D eigenvalue weighted by molar-refractivity contribution is -0.129. The summed E-state index contributed by atoms with van der Waals surface area (Å²) in [4.78, 5) is 46.0. The van der Waals surface area contributed by atoms with Crippen LogP contribution < -0.4 is 10.9 Å². The first-order chi connectivity index (χ1) is 16.9. The van der Waals surface area contributed by atoms with Gasteiger partial charge in [0.2, 0.25) is 11.8 Å². The second-order valence-electron chi connectivity index (χ2n) is 8.06. The number of halogens is 1. The topological polar surface area (TPSA) is 97.4 Å². The lowest BCUT2D eigenvalue weighted by Crippen LogP contribution is -2.34. The molecule has 3 aromatic heterocycles. The lowest BCUT2D eigenvalue weighted by Gasteiger charge is -2.25. The van der Waals surface area contributed by atoms with Crippen molar-refractivity contribution in [2.75, 3.05) is 17.6 Å². The Hall–Kier alpha value is -3.44. The smallest absolute Gasteiger partial charge is 0.263 e. The van der Waals surface area contributed by atoms with Gasteiger partial charge in [-0.3, -0.25) is 19.0 Å². The van der Waals surface area contributed by atoms with Crippen LogP contribution in [0.4, 0.5) is 10.1 Å². The van der Waals surface area contributed by atoms with Gasteiger partial charge < -0.3 is 14.6 Å². The number of fused-ring (bicyclic) bond motifs is 3. The molecule has 0 spiro atoms. The molecular weight excluding hydrogens is 491 g/mol. The minimum absolute atomic E-state index is 0.00611. The molecule has 4 aromatic rings. The third kappa shape index (κ3) is 4.73. The fraction of sp³-hybridized carbons (Fsp3) is 0.250. The van der Waals surface area contributed by atoms with Gasteiger partial charge in [-0.15, -0.1) is 11.3 Å². The van der Waals surface area contributed by atoms with Crippen molar-refractivity contribution in [2.45, 2.75) is 31.6 Å². The number of hydrogen-bond acceptors (Lipinski definition) is 7. The first-order valence-corrected chi connectivity index (χ1v) is 12.7. The van der Waals surface area contributed by atoms with E-state index in [1.54, 1.807) is 29.2 Å². The number of anilines is 1. The number of para-hydroxylation sites is 1. The number of aromatic nitrogens is 2. The van der Waals surface area contributed by atoms with Gasteiger partial charge in [0.05, 0.1) is 36.2 Å². The van der Waals surface area contributed by atoms with E-state index in [-0.39, 0.29) is 29.5 Å². The monoisotopic (exact) mass is 512 g/mol. The van der Waals surface area contributed by atoms with Gasteiger partial charge in [-0.25, -0.2) is 9.37 Å². The maximum Gasteiger partial charge on any atom is 0.263 e. The quantitative estimate of drug-likeness (QED) is 0.311. The van der Waals surface area contributed by atoms with Crippen LogP contribution in [0, 0.1) is 5.82 Å². The Morgan fingerprint density at radius 2 is 2.09 bits per heavy atom. The summed E-state index contributed by atoms with van der Waals surface area (Å²) in [6, 6.07) is 9.44. The van der Waals surface area contributed by atoms with Crippen LogP contribution in [0.3, 0.4) is 0 Å². The Balaban J connectivity index is 1.48. The summed E-state index contributed by atoms with van der Waals surface area (Å²) >= 11 is 2.50. The predicted molar refractivity (Wildman–Crippen MR) is 132 cm³/mol. The van der Waals surface area contributed by atoms with Crippen LogP contribution in [0.15, 0.2) is 57.0 Å². The van der Waals surface area contributed by atoms with Gasteiger partial charge in [0.15, 0.2) is 5.16 Å². The second-order valence-corrected chi connectivity index (χ2v) is 10.1. The number of furan rings is 1. The molecule has 0 atom stereocenters. The van der Waals surface area contributed by atoms with E-state index in [0.29, 0.717) is 40.6 Å². The second kappa shape index (κ2) is 9.67. The molecule has 180 valence electrons. The van der Waals surface area contributed by atoms with Gasteiger partial charge in [0.1, 0.15) is 16.4 Å². The Bertz CT molecular complexity index is 1480. The molecule has 0 saturated heterocycles. The summed E-state index contributed by atoms with van der Waals surface area (Å²) in [6.45, 7) is 2.71. The molecule has 1 N–H and O–H groups in total. The van der Waals surface area contributed by atoms with E-state index in [9.17, 15) is 18.8 Å². The molecule has 0 aliphatic carbocycles. The number of amides is 2. The van der Waals surface area contributed by atoms with Crippen molar-refractivity contribution in [3.8, 4) is 0 Å². The van der Waals surface area contributed by atoms with Crippen LogP contribution in [-0.2, 0) is 29.1 Å². The highest BCUT2D eigenvalue weighted by atomic mass is 32.2. The van der Waals surface area contributed by atoms with Crippen LogP contribution in [0.25, 0.3) is 10.2 Å². The fourth-order valence-electron chi connectivity index (χ4n) is 4.01. The molecule has 0 saturated carbocycles. The number of nitrogens with one attached hydrogen (secondary N) is 1. The predicted octanol–water partition coefficient (Wildman–Crippen LogP) is 3.87. The third-order valence-corrected chi connectivity index (χ3v) is 7.83. The Labute approximate surface area is 207 Å². The van der Waals surface area contributed by atoms with Crippen molar-refractivity contribution in [1.82, 2.24) is 14.5 Å². The van der Waals surface area contributed by atoms with Gasteiger partial charge in [0, 0.05) is 18.3 Å². The van der Waals surface area contributed by atoms with Gasteiger partial charge in [-0.1, -0.05) is 23.9 Å². The van der Waals surface area contributed by atoms with Crippen LogP contribution >= 0.6 is 23.1 Å². The summed E-state index contributed by atoms with van der Waals surface area (Å²) in [5, 5.41) is 3.47. The third-order valence-electron chi connectivity index (χ3n) is 5.75. The summed E-state index contributed by atoms with van der Waals surface area (Å²) in [5.74, 6) is -0.426. The number of thioether (sulfide) groups is 1. The first kappa shape index (κ1) is 23.3. The molecule has 4 heterocycles. The summed E-state index contributed by atoms with van der Waals surface area (Å²) in [7, 11) is 0. The standard InChI is InChI=1S/C24H21FN4O4S2/c1-14(30)28-9-8-16-19(12-28)35-22-21(16)23(32)29(11-15-5-4-10-33-15)24(27-22)34-13-20(31)26-18-7-3-2-6-17(18)25/h2-7,10H,8-9,11-13H2,1H3,(H,26,31). The van der Waals surface area contributed by atoms with Crippen molar-refractivity contribution in [2.24, 2.45) is 0 Å². The Morgan fingerprint density at radius 3 is 2.83 bits per heavy atom. The highest BCUT2D eigenvalue weighted by molar-refractivity contribution is 7.99. The van der Waals surface area contributed by atoms with Crippen LogP contribution in [0.1, 0.15) is 23.1 Å². The average molecular weight is 513 g/mol. The lowest BCUT2D eigenvalue weighted by atomic mass is 10.1. The highest BCUT2D eigenvalue weighted by Gasteiger charge is 2.26. The zero-order valence-electron chi connectivity index (χ0n) is 18.7. The van der Waals surface area contributed by atoms with E-state index >= 15 is 0 Å². The molecule has 1 aliphatic heterocycles. The fourth-order valence-corrected chi connectivity index (χ4v) is 6.09. The number of carbonyl (C=O) groups is 2. The molecule has 35 heavy (non-hydrogen) atoms. The molecule has 0 unspecified atom stereocenters. The van der Waals surface area contributed by atoms with Crippen molar-refractivity contribution in [1.29, 1.82) is 0 Å². The van der Waals surface area contributed by atoms with Gasteiger partial charge in [-0.2, -0.15) is 0 Å².